The lowest BCUT2D eigenvalue weighted by atomic mass is 10.0. The Labute approximate surface area is 488 Å². The number of likely N-dealkylation sites (N-methyl/N-ethyl adjacent to an activating group) is 1. The molecular formula is C70H127NO8. The molecule has 0 aromatic carbocycles. The van der Waals surface area contributed by atoms with Gasteiger partial charge in [-0.05, 0) is 57.8 Å². The number of nitrogens with zero attached hydrogens (tertiary/aromatic N) is 1. The fourth-order valence-corrected chi connectivity index (χ4v) is 9.68. The normalized spacial score (nSPS) is 13.1. The number of hydrogen-bond donors (Lipinski definition) is 0. The highest BCUT2D eigenvalue weighted by atomic mass is 16.7. The van der Waals surface area contributed by atoms with Gasteiger partial charge in [0.2, 0.25) is 0 Å². The molecule has 9 nitrogen and oxygen atoms in total. The van der Waals surface area contributed by atoms with Crippen molar-refractivity contribution in [2.24, 2.45) is 0 Å². The minimum atomic E-state index is -1.63. The molecule has 0 saturated heterocycles. The third kappa shape index (κ3) is 62.4. The van der Waals surface area contributed by atoms with Gasteiger partial charge in [-0.15, -0.1) is 0 Å². The Bertz CT molecular complexity index is 1480. The second-order valence-electron chi connectivity index (χ2n) is 23.7. The molecule has 0 radical (unpaired) electrons. The van der Waals surface area contributed by atoms with Crippen molar-refractivity contribution in [2.75, 3.05) is 47.5 Å². The maximum absolute atomic E-state index is 12.9. The standard InChI is InChI=1S/C70H127NO8/c1-6-8-10-12-14-16-18-20-22-24-26-28-29-30-31-32-33-34-35-36-37-38-39-41-42-44-46-48-50-52-54-56-58-60-67(72)77-64-66(65-78-70(69(74)75)76-63-62-71(3,4)5)79-68(73)61-59-57-55-53-51-49-47-45-43-40-27-25-23-21-19-17-15-13-11-9-7-2/h9,11,15,17,21,23,27,40,45,47,66,70H,6-8,10,12-14,16,18-20,22,24-26,28-39,41-44,46,48-65H2,1-5H3/b11-9-,17-15-,23-21-,40-27-,47-45-. The number of quaternary nitrogens is 1. The smallest absolute Gasteiger partial charge is 0.306 e. The van der Waals surface area contributed by atoms with Crippen LogP contribution in [0.5, 0.6) is 0 Å². The summed E-state index contributed by atoms with van der Waals surface area (Å²) in [6.45, 7) is 4.65. The highest BCUT2D eigenvalue weighted by molar-refractivity contribution is 5.70. The van der Waals surface area contributed by atoms with Crippen molar-refractivity contribution in [3.63, 3.8) is 0 Å². The van der Waals surface area contributed by atoms with Crippen LogP contribution in [0, 0.1) is 0 Å². The van der Waals surface area contributed by atoms with Crippen LogP contribution in [-0.4, -0.2) is 82.3 Å². The molecule has 2 unspecified atom stereocenters. The molecule has 2 atom stereocenters. The third-order valence-electron chi connectivity index (χ3n) is 14.8. The number of rotatable bonds is 62. The van der Waals surface area contributed by atoms with Crippen LogP contribution < -0.4 is 5.11 Å². The van der Waals surface area contributed by atoms with E-state index in [4.69, 9.17) is 18.9 Å². The minimum Gasteiger partial charge on any atom is -0.545 e. The van der Waals surface area contributed by atoms with E-state index < -0.39 is 24.3 Å². The molecule has 0 N–H and O–H groups in total. The van der Waals surface area contributed by atoms with Gasteiger partial charge in [0, 0.05) is 12.8 Å². The van der Waals surface area contributed by atoms with Crippen molar-refractivity contribution >= 4 is 17.9 Å². The zero-order valence-electron chi connectivity index (χ0n) is 52.5. The molecule has 0 aromatic heterocycles. The zero-order valence-corrected chi connectivity index (χ0v) is 52.5. The van der Waals surface area contributed by atoms with E-state index in [1.807, 2.05) is 21.1 Å². The van der Waals surface area contributed by atoms with E-state index in [0.717, 1.165) is 83.5 Å². The summed E-state index contributed by atoms with van der Waals surface area (Å²) in [5.41, 5.74) is 0. The highest BCUT2D eigenvalue weighted by Gasteiger charge is 2.22. The number of carboxylic acid groups (broad SMARTS) is 1. The van der Waals surface area contributed by atoms with Crippen molar-refractivity contribution < 1.29 is 42.9 Å². The van der Waals surface area contributed by atoms with Crippen molar-refractivity contribution in [1.82, 2.24) is 0 Å². The molecule has 0 fully saturated rings. The van der Waals surface area contributed by atoms with Crippen LogP contribution in [0.3, 0.4) is 0 Å². The lowest BCUT2D eigenvalue weighted by Crippen LogP contribution is -2.44. The first-order chi connectivity index (χ1) is 38.6. The van der Waals surface area contributed by atoms with E-state index in [-0.39, 0.29) is 38.6 Å². The molecule has 9 heteroatoms. The molecule has 0 spiro atoms. The van der Waals surface area contributed by atoms with Gasteiger partial charge in [-0.25, -0.2) is 0 Å². The van der Waals surface area contributed by atoms with Gasteiger partial charge in [-0.3, -0.25) is 9.59 Å². The summed E-state index contributed by atoms with van der Waals surface area (Å²) in [5, 5.41) is 11.8. The van der Waals surface area contributed by atoms with E-state index >= 15 is 0 Å². The van der Waals surface area contributed by atoms with Crippen molar-refractivity contribution in [1.29, 1.82) is 0 Å². The topological polar surface area (TPSA) is 111 Å². The second kappa shape index (κ2) is 61.1. The molecule has 79 heavy (non-hydrogen) atoms. The summed E-state index contributed by atoms with van der Waals surface area (Å²) in [7, 11) is 5.92. The van der Waals surface area contributed by atoms with Gasteiger partial charge in [-0.2, -0.15) is 0 Å². The molecule has 0 rings (SSSR count). The van der Waals surface area contributed by atoms with Crippen LogP contribution >= 0.6 is 0 Å². The molecule has 0 bridgehead atoms. The number of carboxylic acids is 1. The van der Waals surface area contributed by atoms with Gasteiger partial charge in [0.1, 0.15) is 13.2 Å². The Balaban J connectivity index is 4.08. The molecule has 0 saturated carbocycles. The monoisotopic (exact) mass is 1110 g/mol. The van der Waals surface area contributed by atoms with Crippen LogP contribution in [0.2, 0.25) is 0 Å². The summed E-state index contributed by atoms with van der Waals surface area (Å²) >= 11 is 0. The van der Waals surface area contributed by atoms with Crippen LogP contribution in [0.4, 0.5) is 0 Å². The van der Waals surface area contributed by atoms with Crippen molar-refractivity contribution in [3.05, 3.63) is 60.8 Å². The lowest BCUT2D eigenvalue weighted by molar-refractivity contribution is -0.870. The van der Waals surface area contributed by atoms with Gasteiger partial charge in [0.25, 0.3) is 0 Å². The summed E-state index contributed by atoms with van der Waals surface area (Å²) < 4.78 is 22.7. The quantitative estimate of drug-likeness (QED) is 0.0195. The van der Waals surface area contributed by atoms with E-state index in [1.54, 1.807) is 0 Å². The fourth-order valence-electron chi connectivity index (χ4n) is 9.68. The Kier molecular flexibility index (Phi) is 58.7. The lowest BCUT2D eigenvalue weighted by Gasteiger charge is -2.26. The van der Waals surface area contributed by atoms with Gasteiger partial charge in [0.05, 0.1) is 40.3 Å². The molecule has 0 heterocycles. The second-order valence-corrected chi connectivity index (χ2v) is 23.7. The average molecular weight is 1110 g/mol. The van der Waals surface area contributed by atoms with E-state index in [2.05, 4.69) is 74.6 Å². The predicted octanol–water partition coefficient (Wildman–Crippen LogP) is 19.0. The highest BCUT2D eigenvalue weighted by Crippen LogP contribution is 2.18. The molecule has 0 aromatic rings. The predicted molar refractivity (Wildman–Crippen MR) is 334 cm³/mol. The van der Waals surface area contributed by atoms with Gasteiger partial charge >= 0.3 is 11.9 Å². The SMILES string of the molecule is CC/C=C\C/C=C\C/C=C\C/C=C\C/C=C\CCCCCCCC(=O)OC(COC(=O)CCCCCCCCCCCCCCCCCCCCCCCCCCCCCCCCCCC)COC(OCC[N+](C)(C)C)C(=O)[O-]. The molecule has 460 valence electrons. The third-order valence-corrected chi connectivity index (χ3v) is 14.8. The van der Waals surface area contributed by atoms with Gasteiger partial charge in [0.15, 0.2) is 12.4 Å². The Hall–Kier alpha value is -3.01. The minimum absolute atomic E-state index is 0.143. The number of allylic oxidation sites excluding steroid dienone is 10. The fraction of sp³-hybridized carbons (Fsp3) is 0.814. The Morgan fingerprint density at radius 2 is 0.722 bits per heavy atom. The van der Waals surface area contributed by atoms with Crippen LogP contribution in [-0.2, 0) is 33.3 Å². The zero-order chi connectivity index (χ0) is 57.6. The molecule has 0 amide bonds. The first kappa shape index (κ1) is 76.0. The van der Waals surface area contributed by atoms with Crippen LogP contribution in [0.25, 0.3) is 0 Å². The molecule has 0 aliphatic rings. The largest absolute Gasteiger partial charge is 0.545 e. The maximum atomic E-state index is 12.9. The van der Waals surface area contributed by atoms with Crippen molar-refractivity contribution in [2.45, 2.75) is 322 Å². The maximum Gasteiger partial charge on any atom is 0.306 e. The summed E-state index contributed by atoms with van der Waals surface area (Å²) in [6, 6.07) is 0. The number of carbonyl (C=O) groups excluding carboxylic acids is 3. The number of esters is 2. The van der Waals surface area contributed by atoms with E-state index in [0.29, 0.717) is 17.4 Å². The van der Waals surface area contributed by atoms with Crippen molar-refractivity contribution in [3.8, 4) is 0 Å². The van der Waals surface area contributed by atoms with Gasteiger partial charge in [-0.1, -0.05) is 299 Å². The van der Waals surface area contributed by atoms with Crippen LogP contribution in [0.15, 0.2) is 60.8 Å². The molecular weight excluding hydrogens is 983 g/mol. The first-order valence-corrected chi connectivity index (χ1v) is 33.4. The Morgan fingerprint density at radius 1 is 0.392 bits per heavy atom. The molecule has 0 aliphatic heterocycles. The average Bonchev–Trinajstić information content (AvgIpc) is 3.42. The number of unbranched alkanes of at least 4 members (excludes halogenated alkanes) is 37. The van der Waals surface area contributed by atoms with E-state index in [1.165, 1.54) is 193 Å². The summed E-state index contributed by atoms with van der Waals surface area (Å²) in [5.74, 6) is -2.30. The number of hydrogen-bond acceptors (Lipinski definition) is 8. The Morgan fingerprint density at radius 3 is 1.08 bits per heavy atom. The van der Waals surface area contributed by atoms with E-state index in [9.17, 15) is 19.5 Å². The number of aliphatic carboxylic acids is 1. The summed E-state index contributed by atoms with van der Waals surface area (Å²) in [6.07, 6.45) is 76.0. The summed E-state index contributed by atoms with van der Waals surface area (Å²) in [4.78, 5) is 37.4. The van der Waals surface area contributed by atoms with Gasteiger partial charge < -0.3 is 33.3 Å². The van der Waals surface area contributed by atoms with Crippen LogP contribution in [0.1, 0.15) is 309 Å². The number of ether oxygens (including phenoxy) is 4. The molecule has 0 aliphatic carbocycles. The first-order valence-electron chi connectivity index (χ1n) is 33.4. The number of carbonyl (C=O) groups is 3.